The lowest BCUT2D eigenvalue weighted by molar-refractivity contribution is 0.186. The third-order valence-electron chi connectivity index (χ3n) is 3.52. The number of rotatable bonds is 2. The number of hydrogen-bond acceptors (Lipinski definition) is 3. The van der Waals surface area contributed by atoms with Gasteiger partial charge in [0.15, 0.2) is 0 Å². The molecule has 1 heterocycles. The molecular formula is C17H16N2O2. The Morgan fingerprint density at radius 3 is 2.48 bits per heavy atom. The Morgan fingerprint density at radius 2 is 1.81 bits per heavy atom. The van der Waals surface area contributed by atoms with Crippen LogP contribution in [-0.4, -0.2) is 14.7 Å². The predicted octanol–water partition coefficient (Wildman–Crippen LogP) is 2.75. The Morgan fingerprint density at radius 1 is 1.10 bits per heavy atom. The Hall–Kier alpha value is -2.46. The summed E-state index contributed by atoms with van der Waals surface area (Å²) >= 11 is 0. The van der Waals surface area contributed by atoms with Gasteiger partial charge in [-0.2, -0.15) is 0 Å². The molecule has 21 heavy (non-hydrogen) atoms. The van der Waals surface area contributed by atoms with Crippen molar-refractivity contribution >= 4 is 10.9 Å². The predicted molar refractivity (Wildman–Crippen MR) is 82.7 cm³/mol. The summed E-state index contributed by atoms with van der Waals surface area (Å²) in [5, 5.41) is 10.6. The van der Waals surface area contributed by atoms with Crippen molar-refractivity contribution in [2.75, 3.05) is 0 Å². The molecule has 2 aromatic carbocycles. The standard InChI is InChI=1S/C17H16N2O2/c1-11-7-6-10-14-15(11)17(21)19(16(18-14)12(2)20)13-8-4-3-5-9-13/h3-10,12,20H,1-2H3/t12-/m0/s1. The molecule has 0 aliphatic carbocycles. The van der Waals surface area contributed by atoms with E-state index < -0.39 is 6.10 Å². The molecule has 0 amide bonds. The zero-order valence-corrected chi connectivity index (χ0v) is 11.9. The molecule has 0 bridgehead atoms. The van der Waals surface area contributed by atoms with Crippen molar-refractivity contribution in [1.82, 2.24) is 9.55 Å². The third kappa shape index (κ3) is 2.23. The molecule has 4 heteroatoms. The average Bonchev–Trinajstić information content (AvgIpc) is 2.47. The normalized spacial score (nSPS) is 12.5. The minimum atomic E-state index is -0.831. The van der Waals surface area contributed by atoms with Crippen molar-refractivity contribution in [2.24, 2.45) is 0 Å². The van der Waals surface area contributed by atoms with Crippen LogP contribution in [0.15, 0.2) is 53.3 Å². The lowest BCUT2D eigenvalue weighted by Crippen LogP contribution is -2.25. The fourth-order valence-corrected chi connectivity index (χ4v) is 2.52. The summed E-state index contributed by atoms with van der Waals surface area (Å²) in [6, 6.07) is 14.8. The second-order valence-electron chi connectivity index (χ2n) is 5.09. The van der Waals surface area contributed by atoms with Gasteiger partial charge >= 0.3 is 0 Å². The van der Waals surface area contributed by atoms with Gasteiger partial charge < -0.3 is 5.11 Å². The highest BCUT2D eigenvalue weighted by Gasteiger charge is 2.16. The van der Waals surface area contributed by atoms with E-state index in [4.69, 9.17) is 0 Å². The molecule has 0 spiro atoms. The van der Waals surface area contributed by atoms with E-state index in [0.717, 1.165) is 5.56 Å². The summed E-state index contributed by atoms with van der Waals surface area (Å²) in [4.78, 5) is 17.4. The molecular weight excluding hydrogens is 264 g/mol. The van der Waals surface area contributed by atoms with Crippen LogP contribution in [0.25, 0.3) is 16.6 Å². The molecule has 0 aliphatic heterocycles. The van der Waals surface area contributed by atoms with Gasteiger partial charge in [0, 0.05) is 0 Å². The molecule has 3 rings (SSSR count). The number of nitrogens with zero attached hydrogens (tertiary/aromatic N) is 2. The molecule has 0 saturated heterocycles. The van der Waals surface area contributed by atoms with E-state index >= 15 is 0 Å². The summed E-state index contributed by atoms with van der Waals surface area (Å²) in [5.74, 6) is 0.351. The van der Waals surface area contributed by atoms with Crippen molar-refractivity contribution in [3.05, 3.63) is 70.3 Å². The van der Waals surface area contributed by atoms with Gasteiger partial charge in [0.05, 0.1) is 16.6 Å². The smallest absolute Gasteiger partial charge is 0.266 e. The maximum absolute atomic E-state index is 12.9. The summed E-state index contributed by atoms with van der Waals surface area (Å²) < 4.78 is 1.49. The highest BCUT2D eigenvalue weighted by Crippen LogP contribution is 2.19. The number of hydrogen-bond donors (Lipinski definition) is 1. The third-order valence-corrected chi connectivity index (χ3v) is 3.52. The Kier molecular flexibility index (Phi) is 3.31. The van der Waals surface area contributed by atoms with E-state index in [1.807, 2.05) is 49.4 Å². The largest absolute Gasteiger partial charge is 0.385 e. The highest BCUT2D eigenvalue weighted by atomic mass is 16.3. The number of aryl methyl sites for hydroxylation is 1. The van der Waals surface area contributed by atoms with Crippen molar-refractivity contribution < 1.29 is 5.11 Å². The highest BCUT2D eigenvalue weighted by molar-refractivity contribution is 5.81. The maximum Gasteiger partial charge on any atom is 0.266 e. The van der Waals surface area contributed by atoms with Gasteiger partial charge in [0.1, 0.15) is 11.9 Å². The maximum atomic E-state index is 12.9. The number of benzene rings is 2. The molecule has 3 aromatic rings. The van der Waals surface area contributed by atoms with E-state index in [1.54, 1.807) is 13.0 Å². The molecule has 0 fully saturated rings. The first-order valence-corrected chi connectivity index (χ1v) is 6.85. The van der Waals surface area contributed by atoms with E-state index in [1.165, 1.54) is 4.57 Å². The molecule has 0 aliphatic rings. The Bertz CT molecular complexity index is 852. The van der Waals surface area contributed by atoms with Crippen LogP contribution in [0.4, 0.5) is 0 Å². The van der Waals surface area contributed by atoms with Crippen LogP contribution in [0.2, 0.25) is 0 Å². The average molecular weight is 280 g/mol. The first kappa shape index (κ1) is 13.5. The van der Waals surface area contributed by atoms with Gasteiger partial charge in [-0.25, -0.2) is 4.98 Å². The molecule has 0 radical (unpaired) electrons. The molecule has 1 aromatic heterocycles. The Balaban J connectivity index is 2.47. The monoisotopic (exact) mass is 280 g/mol. The quantitative estimate of drug-likeness (QED) is 0.785. The SMILES string of the molecule is Cc1cccc2nc([C@H](C)O)n(-c3ccccc3)c(=O)c12. The second-order valence-corrected chi connectivity index (χ2v) is 5.09. The van der Waals surface area contributed by atoms with Gasteiger partial charge in [-0.3, -0.25) is 9.36 Å². The van der Waals surface area contributed by atoms with Crippen LogP contribution in [0, 0.1) is 6.92 Å². The van der Waals surface area contributed by atoms with E-state index in [-0.39, 0.29) is 5.56 Å². The minimum Gasteiger partial charge on any atom is -0.385 e. The van der Waals surface area contributed by atoms with E-state index in [9.17, 15) is 9.90 Å². The van der Waals surface area contributed by atoms with Crippen molar-refractivity contribution in [1.29, 1.82) is 0 Å². The lowest BCUT2D eigenvalue weighted by Gasteiger charge is -2.16. The number of aromatic nitrogens is 2. The number of fused-ring (bicyclic) bond motifs is 1. The second kappa shape index (κ2) is 5.14. The van der Waals surface area contributed by atoms with Crippen molar-refractivity contribution in [2.45, 2.75) is 20.0 Å². The fraction of sp³-hybridized carbons (Fsp3) is 0.176. The topological polar surface area (TPSA) is 55.1 Å². The zero-order valence-electron chi connectivity index (χ0n) is 11.9. The summed E-state index contributed by atoms with van der Waals surface area (Å²) in [7, 11) is 0. The van der Waals surface area contributed by atoms with Crippen LogP contribution in [-0.2, 0) is 0 Å². The molecule has 1 atom stereocenters. The summed E-state index contributed by atoms with van der Waals surface area (Å²) in [5.41, 5.74) is 2.05. The molecule has 0 unspecified atom stereocenters. The minimum absolute atomic E-state index is 0.153. The van der Waals surface area contributed by atoms with E-state index in [2.05, 4.69) is 4.98 Å². The first-order chi connectivity index (χ1) is 10.1. The molecule has 106 valence electrons. The van der Waals surface area contributed by atoms with Crippen LogP contribution < -0.4 is 5.56 Å². The summed E-state index contributed by atoms with van der Waals surface area (Å²) in [6.07, 6.45) is -0.831. The van der Waals surface area contributed by atoms with Crippen molar-refractivity contribution in [3.8, 4) is 5.69 Å². The molecule has 4 nitrogen and oxygen atoms in total. The van der Waals surface area contributed by atoms with Crippen LogP contribution in [0.1, 0.15) is 24.4 Å². The van der Waals surface area contributed by atoms with Gasteiger partial charge in [-0.05, 0) is 37.6 Å². The van der Waals surface area contributed by atoms with Gasteiger partial charge in [-0.1, -0.05) is 30.3 Å². The molecule has 1 N–H and O–H groups in total. The van der Waals surface area contributed by atoms with Crippen molar-refractivity contribution in [3.63, 3.8) is 0 Å². The Labute approximate surface area is 122 Å². The van der Waals surface area contributed by atoms with Gasteiger partial charge in [0.25, 0.3) is 5.56 Å². The first-order valence-electron chi connectivity index (χ1n) is 6.85. The fourth-order valence-electron chi connectivity index (χ4n) is 2.52. The number of para-hydroxylation sites is 1. The van der Waals surface area contributed by atoms with Gasteiger partial charge in [0.2, 0.25) is 0 Å². The number of aliphatic hydroxyl groups excluding tert-OH is 1. The van der Waals surface area contributed by atoms with Crippen LogP contribution in [0.3, 0.4) is 0 Å². The van der Waals surface area contributed by atoms with Crippen LogP contribution in [0.5, 0.6) is 0 Å². The zero-order chi connectivity index (χ0) is 15.0. The number of aliphatic hydroxyl groups is 1. The van der Waals surface area contributed by atoms with Crippen LogP contribution >= 0.6 is 0 Å². The van der Waals surface area contributed by atoms with Gasteiger partial charge in [-0.15, -0.1) is 0 Å². The molecule has 0 saturated carbocycles. The van der Waals surface area contributed by atoms with E-state index in [0.29, 0.717) is 22.4 Å². The lowest BCUT2D eigenvalue weighted by atomic mass is 10.1. The summed E-state index contributed by atoms with van der Waals surface area (Å²) in [6.45, 7) is 3.51.